The first-order valence-corrected chi connectivity index (χ1v) is 6.61. The van der Waals surface area contributed by atoms with Crippen molar-refractivity contribution in [3.05, 3.63) is 58.8 Å². The molecule has 0 bridgehead atoms. The standard InChI is InChI=1S/C15H18N4O2/c1-11(12-7-4-5-9-16-12)19(3)15(21)17-13-8-6-10-18(2)14(13)20/h4-11H,1-3H3,(H,17,21). The number of nitrogens with one attached hydrogen (secondary N) is 1. The van der Waals surface area contributed by atoms with Crippen molar-refractivity contribution in [3.63, 3.8) is 0 Å². The van der Waals surface area contributed by atoms with E-state index in [1.54, 1.807) is 38.6 Å². The molecule has 0 aromatic carbocycles. The molecule has 0 saturated carbocycles. The van der Waals surface area contributed by atoms with Crippen LogP contribution in [0.3, 0.4) is 0 Å². The van der Waals surface area contributed by atoms with Crippen molar-refractivity contribution in [1.82, 2.24) is 14.5 Å². The van der Waals surface area contributed by atoms with Gasteiger partial charge in [0.2, 0.25) is 0 Å². The minimum Gasteiger partial charge on any atom is -0.319 e. The second-order valence-electron chi connectivity index (χ2n) is 4.81. The highest BCUT2D eigenvalue weighted by molar-refractivity contribution is 5.89. The van der Waals surface area contributed by atoms with E-state index in [2.05, 4.69) is 10.3 Å². The lowest BCUT2D eigenvalue weighted by Crippen LogP contribution is -2.36. The second-order valence-corrected chi connectivity index (χ2v) is 4.81. The molecule has 2 amide bonds. The zero-order valence-corrected chi connectivity index (χ0v) is 12.3. The molecule has 6 heteroatoms. The highest BCUT2D eigenvalue weighted by Crippen LogP contribution is 2.16. The largest absolute Gasteiger partial charge is 0.322 e. The van der Waals surface area contributed by atoms with Gasteiger partial charge in [0.15, 0.2) is 0 Å². The number of urea groups is 1. The molecule has 2 heterocycles. The third-order valence-corrected chi connectivity index (χ3v) is 3.38. The van der Waals surface area contributed by atoms with Crippen molar-refractivity contribution in [2.24, 2.45) is 7.05 Å². The molecule has 0 aliphatic rings. The van der Waals surface area contributed by atoms with E-state index in [1.165, 1.54) is 9.47 Å². The van der Waals surface area contributed by atoms with Crippen LogP contribution < -0.4 is 10.9 Å². The molecule has 1 unspecified atom stereocenters. The van der Waals surface area contributed by atoms with Gasteiger partial charge in [-0.25, -0.2) is 4.79 Å². The fourth-order valence-electron chi connectivity index (χ4n) is 1.89. The van der Waals surface area contributed by atoms with Gasteiger partial charge in [0.1, 0.15) is 5.69 Å². The molecule has 1 N–H and O–H groups in total. The summed E-state index contributed by atoms with van der Waals surface area (Å²) in [7, 11) is 3.31. The van der Waals surface area contributed by atoms with E-state index in [1.807, 2.05) is 25.1 Å². The lowest BCUT2D eigenvalue weighted by molar-refractivity contribution is 0.207. The summed E-state index contributed by atoms with van der Waals surface area (Å²) in [4.78, 5) is 29.9. The minimum absolute atomic E-state index is 0.196. The Morgan fingerprint density at radius 2 is 2.10 bits per heavy atom. The van der Waals surface area contributed by atoms with Gasteiger partial charge in [0, 0.05) is 26.5 Å². The first-order valence-electron chi connectivity index (χ1n) is 6.61. The van der Waals surface area contributed by atoms with Crippen LogP contribution in [-0.4, -0.2) is 27.5 Å². The summed E-state index contributed by atoms with van der Waals surface area (Å²) in [6, 6.07) is 8.30. The number of amides is 2. The van der Waals surface area contributed by atoms with Crippen LogP contribution in [0.15, 0.2) is 47.5 Å². The van der Waals surface area contributed by atoms with Crippen LogP contribution in [0.25, 0.3) is 0 Å². The summed E-state index contributed by atoms with van der Waals surface area (Å²) < 4.78 is 1.41. The quantitative estimate of drug-likeness (QED) is 0.938. The fourth-order valence-corrected chi connectivity index (χ4v) is 1.89. The molecule has 6 nitrogen and oxygen atoms in total. The van der Waals surface area contributed by atoms with Crippen molar-refractivity contribution in [3.8, 4) is 0 Å². The minimum atomic E-state index is -0.351. The zero-order chi connectivity index (χ0) is 15.4. The maximum absolute atomic E-state index is 12.2. The lowest BCUT2D eigenvalue weighted by atomic mass is 10.2. The van der Waals surface area contributed by atoms with Gasteiger partial charge < -0.3 is 14.8 Å². The normalized spacial score (nSPS) is 11.8. The number of carbonyl (C=O) groups excluding carboxylic acids is 1. The van der Waals surface area contributed by atoms with E-state index >= 15 is 0 Å². The molecular weight excluding hydrogens is 268 g/mol. The molecule has 2 rings (SSSR count). The molecule has 21 heavy (non-hydrogen) atoms. The van der Waals surface area contributed by atoms with Crippen molar-refractivity contribution in [2.75, 3.05) is 12.4 Å². The Kier molecular flexibility index (Phi) is 4.37. The van der Waals surface area contributed by atoms with Crippen LogP contribution in [0, 0.1) is 0 Å². The lowest BCUT2D eigenvalue weighted by Gasteiger charge is -2.24. The van der Waals surface area contributed by atoms with E-state index in [0.29, 0.717) is 0 Å². The van der Waals surface area contributed by atoms with Gasteiger partial charge in [-0.3, -0.25) is 9.78 Å². The molecule has 0 spiro atoms. The van der Waals surface area contributed by atoms with Crippen LogP contribution in [0.4, 0.5) is 10.5 Å². The number of aryl methyl sites for hydroxylation is 1. The summed E-state index contributed by atoms with van der Waals surface area (Å²) in [5.74, 6) is 0. The number of aromatic nitrogens is 2. The van der Waals surface area contributed by atoms with Crippen LogP contribution in [0.5, 0.6) is 0 Å². The monoisotopic (exact) mass is 286 g/mol. The van der Waals surface area contributed by atoms with Crippen molar-refractivity contribution in [2.45, 2.75) is 13.0 Å². The molecule has 0 radical (unpaired) electrons. The van der Waals surface area contributed by atoms with Gasteiger partial charge in [-0.1, -0.05) is 6.07 Å². The zero-order valence-electron chi connectivity index (χ0n) is 12.3. The highest BCUT2D eigenvalue weighted by atomic mass is 16.2. The number of anilines is 1. The van der Waals surface area contributed by atoms with Gasteiger partial charge in [-0.2, -0.15) is 0 Å². The third-order valence-electron chi connectivity index (χ3n) is 3.38. The highest BCUT2D eigenvalue weighted by Gasteiger charge is 2.19. The fraction of sp³-hybridized carbons (Fsp3) is 0.267. The summed E-state index contributed by atoms with van der Waals surface area (Å²) >= 11 is 0. The van der Waals surface area contributed by atoms with Crippen LogP contribution in [0.2, 0.25) is 0 Å². The van der Waals surface area contributed by atoms with Crippen LogP contribution >= 0.6 is 0 Å². The molecule has 2 aromatic rings. The maximum atomic E-state index is 12.2. The molecule has 2 aromatic heterocycles. The van der Waals surface area contributed by atoms with E-state index in [9.17, 15) is 9.59 Å². The first kappa shape index (κ1) is 14.8. The Morgan fingerprint density at radius 1 is 1.33 bits per heavy atom. The molecular formula is C15H18N4O2. The van der Waals surface area contributed by atoms with Crippen molar-refractivity contribution < 1.29 is 4.79 Å². The maximum Gasteiger partial charge on any atom is 0.322 e. The topological polar surface area (TPSA) is 67.2 Å². The van der Waals surface area contributed by atoms with E-state index in [-0.39, 0.29) is 23.3 Å². The second kappa shape index (κ2) is 6.21. The van der Waals surface area contributed by atoms with Gasteiger partial charge in [-0.05, 0) is 31.2 Å². The summed E-state index contributed by atoms with van der Waals surface area (Å²) in [5.41, 5.74) is 0.797. The predicted molar refractivity (Wildman–Crippen MR) is 81.1 cm³/mol. The van der Waals surface area contributed by atoms with E-state index in [4.69, 9.17) is 0 Å². The third kappa shape index (κ3) is 3.28. The molecule has 0 fully saturated rings. The number of nitrogens with zero attached hydrogens (tertiary/aromatic N) is 3. The van der Waals surface area contributed by atoms with Crippen LogP contribution in [-0.2, 0) is 7.05 Å². The SMILES string of the molecule is CC(c1ccccn1)N(C)C(=O)Nc1cccn(C)c1=O. The molecule has 1 atom stereocenters. The van der Waals surface area contributed by atoms with E-state index in [0.717, 1.165) is 5.69 Å². The predicted octanol–water partition coefficient (Wildman–Crippen LogP) is 2.01. The first-order chi connectivity index (χ1) is 10.0. The van der Waals surface area contributed by atoms with Crippen LogP contribution in [0.1, 0.15) is 18.7 Å². The Balaban J connectivity index is 2.13. The Hall–Kier alpha value is -2.63. The number of hydrogen-bond acceptors (Lipinski definition) is 3. The van der Waals surface area contributed by atoms with Gasteiger partial charge >= 0.3 is 6.03 Å². The number of pyridine rings is 2. The summed E-state index contributed by atoms with van der Waals surface area (Å²) in [6.07, 6.45) is 3.32. The number of carbonyl (C=O) groups is 1. The number of hydrogen-bond donors (Lipinski definition) is 1. The summed E-state index contributed by atoms with van der Waals surface area (Å²) in [5, 5.41) is 2.63. The Labute approximate surface area is 123 Å². The van der Waals surface area contributed by atoms with Gasteiger partial charge in [0.05, 0.1) is 11.7 Å². The number of rotatable bonds is 3. The smallest absolute Gasteiger partial charge is 0.319 e. The van der Waals surface area contributed by atoms with Gasteiger partial charge in [-0.15, -0.1) is 0 Å². The Morgan fingerprint density at radius 3 is 2.76 bits per heavy atom. The molecule has 0 aliphatic carbocycles. The Bertz CT molecular complexity index is 682. The van der Waals surface area contributed by atoms with Crippen molar-refractivity contribution >= 4 is 11.7 Å². The van der Waals surface area contributed by atoms with Gasteiger partial charge in [0.25, 0.3) is 5.56 Å². The van der Waals surface area contributed by atoms with E-state index < -0.39 is 0 Å². The molecule has 0 aliphatic heterocycles. The molecule has 110 valence electrons. The molecule has 0 saturated heterocycles. The average Bonchev–Trinajstić information content (AvgIpc) is 2.51. The summed E-state index contributed by atoms with van der Waals surface area (Å²) in [6.45, 7) is 1.88. The van der Waals surface area contributed by atoms with Crippen molar-refractivity contribution in [1.29, 1.82) is 0 Å². The average molecular weight is 286 g/mol.